The van der Waals surface area contributed by atoms with Gasteiger partial charge in [-0.3, -0.25) is 14.9 Å². The van der Waals surface area contributed by atoms with E-state index in [-0.39, 0.29) is 17.6 Å². The SMILES string of the molecule is COOCC1CCCN1C(=O)C(c1ccccc1)n1ccc2cc([N+](=O)[O-])ccc21. The van der Waals surface area contributed by atoms with E-state index < -0.39 is 11.0 Å². The number of nitro groups is 1. The molecule has 4 rings (SSSR count). The highest BCUT2D eigenvalue weighted by molar-refractivity contribution is 5.89. The minimum atomic E-state index is -0.576. The third kappa shape index (κ3) is 3.79. The Hall–Kier alpha value is -3.23. The van der Waals surface area contributed by atoms with Crippen LogP contribution in [0.3, 0.4) is 0 Å². The molecule has 156 valence electrons. The molecule has 1 amide bonds. The lowest BCUT2D eigenvalue weighted by atomic mass is 10.0. The number of benzene rings is 2. The van der Waals surface area contributed by atoms with Gasteiger partial charge in [0.1, 0.15) is 12.6 Å². The van der Waals surface area contributed by atoms with Gasteiger partial charge in [-0.2, -0.15) is 0 Å². The molecule has 3 aromatic rings. The Bertz CT molecular complexity index is 1050. The predicted molar refractivity (Wildman–Crippen MR) is 111 cm³/mol. The fourth-order valence-electron chi connectivity index (χ4n) is 4.15. The van der Waals surface area contributed by atoms with Crippen LogP contribution in [0.1, 0.15) is 24.4 Å². The molecule has 0 N–H and O–H groups in total. The Morgan fingerprint density at radius 2 is 2.03 bits per heavy atom. The zero-order valence-corrected chi connectivity index (χ0v) is 16.6. The quantitative estimate of drug-likeness (QED) is 0.337. The molecule has 1 aliphatic heterocycles. The van der Waals surface area contributed by atoms with E-state index in [1.165, 1.54) is 19.2 Å². The van der Waals surface area contributed by atoms with Gasteiger partial charge in [0.2, 0.25) is 0 Å². The second-order valence-electron chi connectivity index (χ2n) is 7.32. The minimum absolute atomic E-state index is 0.0270. The summed E-state index contributed by atoms with van der Waals surface area (Å²) in [7, 11) is 1.46. The number of hydrogen-bond donors (Lipinski definition) is 0. The average Bonchev–Trinajstić information content (AvgIpc) is 3.40. The van der Waals surface area contributed by atoms with Crippen molar-refractivity contribution in [3.05, 3.63) is 76.5 Å². The van der Waals surface area contributed by atoms with Crippen LogP contribution in [0.4, 0.5) is 5.69 Å². The Morgan fingerprint density at radius 1 is 1.23 bits per heavy atom. The van der Waals surface area contributed by atoms with E-state index in [0.29, 0.717) is 13.2 Å². The molecule has 2 atom stereocenters. The van der Waals surface area contributed by atoms with E-state index in [0.717, 1.165) is 29.3 Å². The van der Waals surface area contributed by atoms with E-state index in [1.54, 1.807) is 12.1 Å². The summed E-state index contributed by atoms with van der Waals surface area (Å²) >= 11 is 0. The van der Waals surface area contributed by atoms with Crippen LogP contribution in [0, 0.1) is 10.1 Å². The normalized spacial score (nSPS) is 17.4. The van der Waals surface area contributed by atoms with Crippen LogP contribution in [-0.2, 0) is 14.6 Å². The molecule has 0 bridgehead atoms. The zero-order valence-electron chi connectivity index (χ0n) is 16.6. The maximum Gasteiger partial charge on any atom is 0.270 e. The largest absolute Gasteiger partial charge is 0.335 e. The van der Waals surface area contributed by atoms with Crippen LogP contribution < -0.4 is 0 Å². The summed E-state index contributed by atoms with van der Waals surface area (Å²) in [6.45, 7) is 0.979. The number of amides is 1. The molecule has 0 spiro atoms. The lowest BCUT2D eigenvalue weighted by Gasteiger charge is -2.30. The summed E-state index contributed by atoms with van der Waals surface area (Å²) in [5.41, 5.74) is 1.66. The smallest absolute Gasteiger partial charge is 0.270 e. The van der Waals surface area contributed by atoms with Crippen molar-refractivity contribution >= 4 is 22.5 Å². The molecule has 1 aromatic heterocycles. The molecule has 8 heteroatoms. The summed E-state index contributed by atoms with van der Waals surface area (Å²) in [6.07, 6.45) is 3.58. The number of rotatable bonds is 7. The van der Waals surface area contributed by atoms with Crippen LogP contribution in [-0.4, -0.2) is 46.6 Å². The summed E-state index contributed by atoms with van der Waals surface area (Å²) < 4.78 is 1.89. The van der Waals surface area contributed by atoms with E-state index in [4.69, 9.17) is 9.78 Å². The van der Waals surface area contributed by atoms with Gasteiger partial charge in [0.15, 0.2) is 0 Å². The van der Waals surface area contributed by atoms with Gasteiger partial charge in [-0.1, -0.05) is 30.3 Å². The van der Waals surface area contributed by atoms with Crippen molar-refractivity contribution in [1.29, 1.82) is 0 Å². The maximum absolute atomic E-state index is 13.7. The third-order valence-electron chi connectivity index (χ3n) is 5.58. The van der Waals surface area contributed by atoms with Gasteiger partial charge in [0.25, 0.3) is 11.6 Å². The molecular weight excluding hydrogens is 386 g/mol. The van der Waals surface area contributed by atoms with Crippen molar-refractivity contribution in [3.63, 3.8) is 0 Å². The van der Waals surface area contributed by atoms with Crippen LogP contribution in [0.15, 0.2) is 60.8 Å². The first-order valence-corrected chi connectivity index (χ1v) is 9.86. The van der Waals surface area contributed by atoms with Crippen molar-refractivity contribution in [2.24, 2.45) is 0 Å². The van der Waals surface area contributed by atoms with Crippen LogP contribution in [0.25, 0.3) is 10.9 Å². The van der Waals surface area contributed by atoms with E-state index in [2.05, 4.69) is 0 Å². The van der Waals surface area contributed by atoms with E-state index in [1.807, 2.05) is 46.0 Å². The molecule has 2 aromatic carbocycles. The number of nitro benzene ring substituents is 1. The Morgan fingerprint density at radius 3 is 2.77 bits per heavy atom. The van der Waals surface area contributed by atoms with Crippen molar-refractivity contribution in [1.82, 2.24) is 9.47 Å². The maximum atomic E-state index is 13.7. The lowest BCUT2D eigenvalue weighted by molar-refractivity contribution is -0.384. The van der Waals surface area contributed by atoms with Gasteiger partial charge in [0, 0.05) is 35.8 Å². The molecule has 0 aliphatic carbocycles. The van der Waals surface area contributed by atoms with Crippen LogP contribution in [0.5, 0.6) is 0 Å². The minimum Gasteiger partial charge on any atom is -0.335 e. The first-order chi connectivity index (χ1) is 14.6. The van der Waals surface area contributed by atoms with Gasteiger partial charge in [-0.15, -0.1) is 0 Å². The number of carbonyl (C=O) groups excluding carboxylic acids is 1. The number of aromatic nitrogens is 1. The first kappa shape index (κ1) is 20.1. The third-order valence-corrected chi connectivity index (χ3v) is 5.58. The molecule has 1 saturated heterocycles. The fraction of sp³-hybridized carbons (Fsp3) is 0.318. The predicted octanol–water partition coefficient (Wildman–Crippen LogP) is 3.71. The molecule has 2 unspecified atom stereocenters. The summed E-state index contributed by atoms with van der Waals surface area (Å²) in [5, 5.41) is 11.8. The van der Waals surface area contributed by atoms with Crippen LogP contribution in [0.2, 0.25) is 0 Å². The second kappa shape index (κ2) is 8.64. The van der Waals surface area contributed by atoms with Crippen LogP contribution >= 0.6 is 0 Å². The summed E-state index contributed by atoms with van der Waals surface area (Å²) in [5.74, 6) is -0.0285. The molecular formula is C22H23N3O5. The number of hydrogen-bond acceptors (Lipinski definition) is 5. The standard InChI is InChI=1S/C22H23N3O5/c1-29-30-15-19-8-5-12-23(19)22(26)21(16-6-3-2-4-7-16)24-13-11-17-14-18(25(27)28)9-10-20(17)24/h2-4,6-7,9-11,13-14,19,21H,5,8,12,15H2,1H3. The summed E-state index contributed by atoms with van der Waals surface area (Å²) in [6, 6.07) is 15.5. The molecule has 30 heavy (non-hydrogen) atoms. The van der Waals surface area contributed by atoms with Crippen molar-refractivity contribution in [2.45, 2.75) is 24.9 Å². The summed E-state index contributed by atoms with van der Waals surface area (Å²) in [4.78, 5) is 36.2. The zero-order chi connectivity index (χ0) is 21.1. The number of likely N-dealkylation sites (tertiary alicyclic amines) is 1. The van der Waals surface area contributed by atoms with Crippen molar-refractivity contribution in [2.75, 3.05) is 20.3 Å². The van der Waals surface area contributed by atoms with Gasteiger partial charge < -0.3 is 9.47 Å². The molecule has 0 radical (unpaired) electrons. The van der Waals surface area contributed by atoms with Gasteiger partial charge in [-0.25, -0.2) is 9.78 Å². The molecule has 8 nitrogen and oxygen atoms in total. The first-order valence-electron chi connectivity index (χ1n) is 9.86. The van der Waals surface area contributed by atoms with Gasteiger partial charge >= 0.3 is 0 Å². The van der Waals surface area contributed by atoms with Crippen molar-refractivity contribution < 1.29 is 19.5 Å². The topological polar surface area (TPSA) is 86.8 Å². The molecule has 1 aliphatic rings. The van der Waals surface area contributed by atoms with Crippen molar-refractivity contribution in [3.8, 4) is 0 Å². The fourth-order valence-corrected chi connectivity index (χ4v) is 4.15. The molecule has 2 heterocycles. The van der Waals surface area contributed by atoms with E-state index >= 15 is 0 Å². The highest BCUT2D eigenvalue weighted by atomic mass is 17.2. The highest BCUT2D eigenvalue weighted by Gasteiger charge is 2.35. The highest BCUT2D eigenvalue weighted by Crippen LogP contribution is 2.31. The Kier molecular flexibility index (Phi) is 5.78. The van der Waals surface area contributed by atoms with E-state index in [9.17, 15) is 14.9 Å². The molecule has 0 saturated carbocycles. The number of non-ortho nitro benzene ring substituents is 1. The van der Waals surface area contributed by atoms with Gasteiger partial charge in [0.05, 0.1) is 18.1 Å². The number of carbonyl (C=O) groups is 1. The lowest BCUT2D eigenvalue weighted by Crippen LogP contribution is -2.42. The molecule has 1 fully saturated rings. The average molecular weight is 409 g/mol. The monoisotopic (exact) mass is 409 g/mol. The number of nitrogens with zero attached hydrogens (tertiary/aromatic N) is 3. The Balaban J connectivity index is 1.75. The Labute approximate surface area is 173 Å². The second-order valence-corrected chi connectivity index (χ2v) is 7.32. The van der Waals surface area contributed by atoms with Gasteiger partial charge in [-0.05, 0) is 30.5 Å². The number of fused-ring (bicyclic) bond motifs is 1.